The Balaban J connectivity index is 3.18. The number of carboxylic acids is 1. The number of carbonyl (C=O) groups excluding carboxylic acids is 3. The van der Waals surface area contributed by atoms with E-state index in [1.54, 1.807) is 52.0 Å². The Kier molecular flexibility index (Phi) is 14.0. The highest BCUT2D eigenvalue weighted by molar-refractivity contribution is 7.53. The van der Waals surface area contributed by atoms with Crippen LogP contribution in [0.5, 0.6) is 5.75 Å². The van der Waals surface area contributed by atoms with E-state index in [1.807, 2.05) is 6.92 Å². The maximum Gasteiger partial charge on any atom is 0.510 e. The van der Waals surface area contributed by atoms with Gasteiger partial charge in [-0.2, -0.15) is 0 Å². The molecule has 0 aromatic heterocycles. The van der Waals surface area contributed by atoms with Gasteiger partial charge >= 0.3 is 31.8 Å². The van der Waals surface area contributed by atoms with Gasteiger partial charge < -0.3 is 28.8 Å². The lowest BCUT2D eigenvalue weighted by Crippen LogP contribution is -2.29. The van der Waals surface area contributed by atoms with E-state index in [9.17, 15) is 23.7 Å². The molecule has 39 heavy (non-hydrogen) atoms. The molecule has 0 saturated carbocycles. The number of rotatable bonds is 15. The molecular weight excluding hydrogens is 539 g/mol. The summed E-state index contributed by atoms with van der Waals surface area (Å²) in [6.07, 6.45) is -7.68. The first-order valence-corrected chi connectivity index (χ1v) is 14.0. The molecule has 0 bridgehead atoms. The van der Waals surface area contributed by atoms with Crippen LogP contribution >= 0.6 is 7.60 Å². The fourth-order valence-electron chi connectivity index (χ4n) is 2.97. The number of carbonyl (C=O) groups is 4. The molecule has 3 unspecified atom stereocenters. The molecule has 13 nitrogen and oxygen atoms in total. The van der Waals surface area contributed by atoms with Crippen LogP contribution in [-0.4, -0.2) is 60.3 Å². The maximum absolute atomic E-state index is 13.8. The van der Waals surface area contributed by atoms with Crippen LogP contribution in [0, 0.1) is 12.8 Å². The third kappa shape index (κ3) is 14.5. The lowest BCUT2D eigenvalue weighted by Gasteiger charge is -2.27. The Morgan fingerprint density at radius 3 is 1.67 bits per heavy atom. The molecule has 1 aromatic rings. The Labute approximate surface area is 227 Å². The third-order valence-corrected chi connectivity index (χ3v) is 6.65. The second-order valence-corrected chi connectivity index (χ2v) is 11.1. The van der Waals surface area contributed by atoms with E-state index in [1.165, 1.54) is 13.8 Å². The van der Waals surface area contributed by atoms with Crippen LogP contribution in [0.2, 0.25) is 0 Å². The number of carboxylic acid groups (broad SMARTS) is 1. The molecule has 0 aliphatic carbocycles. The maximum atomic E-state index is 13.8. The summed E-state index contributed by atoms with van der Waals surface area (Å²) in [6, 6.07) is 6.49. The van der Waals surface area contributed by atoms with Crippen LogP contribution in [0.1, 0.15) is 59.9 Å². The molecule has 1 rings (SSSR count). The SMILES string of the molecule is Cc1ccc(OC(=O)C(CCC(=O)O)CP(=O)(OC(C)OC(=O)OC(C)C)OC(C)OC(=O)OC(C)C)cc1. The minimum absolute atomic E-state index is 0.184. The largest absolute Gasteiger partial charge is 0.510 e. The number of hydrogen-bond donors (Lipinski definition) is 1. The number of benzene rings is 1. The summed E-state index contributed by atoms with van der Waals surface area (Å²) in [5, 5.41) is 9.17. The highest BCUT2D eigenvalue weighted by atomic mass is 31.2. The molecule has 0 saturated heterocycles. The van der Waals surface area contributed by atoms with Crippen molar-refractivity contribution in [2.75, 3.05) is 6.16 Å². The van der Waals surface area contributed by atoms with Crippen LogP contribution in [0.25, 0.3) is 0 Å². The van der Waals surface area contributed by atoms with Gasteiger partial charge in [0, 0.05) is 6.42 Å². The fraction of sp³-hybridized carbons (Fsp3) is 0.600. The van der Waals surface area contributed by atoms with Crippen molar-refractivity contribution in [3.63, 3.8) is 0 Å². The van der Waals surface area contributed by atoms with Crippen molar-refractivity contribution in [3.05, 3.63) is 29.8 Å². The molecule has 0 spiro atoms. The Hall–Kier alpha value is -3.15. The predicted molar refractivity (Wildman–Crippen MR) is 136 cm³/mol. The van der Waals surface area contributed by atoms with Crippen molar-refractivity contribution in [3.8, 4) is 5.75 Å². The summed E-state index contributed by atoms with van der Waals surface area (Å²) < 4.78 is 49.6. The monoisotopic (exact) mass is 576 g/mol. The first-order chi connectivity index (χ1) is 18.1. The van der Waals surface area contributed by atoms with Crippen LogP contribution < -0.4 is 4.74 Å². The van der Waals surface area contributed by atoms with Gasteiger partial charge in [0.05, 0.1) is 24.3 Å². The van der Waals surface area contributed by atoms with Gasteiger partial charge in [-0.3, -0.25) is 23.2 Å². The van der Waals surface area contributed by atoms with Crippen molar-refractivity contribution in [1.82, 2.24) is 0 Å². The normalized spacial score (nSPS) is 15.0. The van der Waals surface area contributed by atoms with E-state index in [0.29, 0.717) is 0 Å². The van der Waals surface area contributed by atoms with Crippen molar-refractivity contribution in [2.45, 2.75) is 86.1 Å². The topological polar surface area (TPSA) is 170 Å². The van der Waals surface area contributed by atoms with E-state index in [0.717, 1.165) is 5.56 Å². The van der Waals surface area contributed by atoms with E-state index in [-0.39, 0.29) is 12.2 Å². The molecule has 1 aromatic carbocycles. The van der Waals surface area contributed by atoms with Crippen molar-refractivity contribution in [2.24, 2.45) is 5.92 Å². The minimum Gasteiger partial charge on any atom is -0.481 e. The Morgan fingerprint density at radius 1 is 0.795 bits per heavy atom. The molecule has 0 heterocycles. The minimum atomic E-state index is -4.45. The molecule has 3 atom stereocenters. The first kappa shape index (κ1) is 33.9. The summed E-state index contributed by atoms with van der Waals surface area (Å²) in [5.41, 5.74) is 0.915. The molecule has 1 N–H and O–H groups in total. The van der Waals surface area contributed by atoms with Gasteiger partial charge in [-0.15, -0.1) is 0 Å². The second-order valence-electron chi connectivity index (χ2n) is 9.07. The first-order valence-electron chi connectivity index (χ1n) is 12.3. The zero-order valence-corrected chi connectivity index (χ0v) is 24.0. The van der Waals surface area contributed by atoms with Gasteiger partial charge in [0.15, 0.2) is 0 Å². The smallest absolute Gasteiger partial charge is 0.481 e. The number of hydrogen-bond acceptors (Lipinski definition) is 12. The van der Waals surface area contributed by atoms with Crippen LogP contribution in [0.15, 0.2) is 24.3 Å². The highest BCUT2D eigenvalue weighted by Gasteiger charge is 2.39. The van der Waals surface area contributed by atoms with Crippen LogP contribution in [0.3, 0.4) is 0 Å². The number of ether oxygens (including phenoxy) is 5. The summed E-state index contributed by atoms with van der Waals surface area (Å²) in [5.74, 6) is -3.21. The molecule has 220 valence electrons. The molecular formula is C25H37O13P. The molecule has 0 radical (unpaired) electrons. The van der Waals surface area contributed by atoms with Gasteiger partial charge in [-0.05, 0) is 67.0 Å². The van der Waals surface area contributed by atoms with Gasteiger partial charge in [0.2, 0.25) is 12.6 Å². The standard InChI is InChI=1S/C25H37O13P/c1-15(2)32-24(29)34-18(6)37-39(31,38-19(7)35-25(30)33-16(3)4)14-20(10-13-22(26)27)23(28)36-21-11-8-17(5)9-12-21/h8-9,11-12,15-16,18-20H,10,13-14H2,1-7H3,(H,26,27). The zero-order chi connectivity index (χ0) is 29.8. The quantitative estimate of drug-likeness (QED) is 0.122. The molecule has 0 fully saturated rings. The highest BCUT2D eigenvalue weighted by Crippen LogP contribution is 2.53. The van der Waals surface area contributed by atoms with Crippen LogP contribution in [0.4, 0.5) is 9.59 Å². The Bertz CT molecular complexity index is 970. The lowest BCUT2D eigenvalue weighted by molar-refractivity contribution is -0.140. The van der Waals surface area contributed by atoms with E-state index in [4.69, 9.17) is 37.8 Å². The summed E-state index contributed by atoms with van der Waals surface area (Å²) in [4.78, 5) is 48.0. The third-order valence-electron chi connectivity index (χ3n) is 4.53. The predicted octanol–water partition coefficient (Wildman–Crippen LogP) is 5.42. The average molecular weight is 577 g/mol. The number of aryl methyl sites for hydroxylation is 1. The zero-order valence-electron chi connectivity index (χ0n) is 23.1. The van der Waals surface area contributed by atoms with E-state index in [2.05, 4.69) is 0 Å². The van der Waals surface area contributed by atoms with Gasteiger partial charge in [0.25, 0.3) is 0 Å². The summed E-state index contributed by atoms with van der Waals surface area (Å²) in [6.45, 7) is 10.6. The van der Waals surface area contributed by atoms with Crippen molar-refractivity contribution < 1.29 is 61.6 Å². The molecule has 0 aliphatic rings. The molecule has 0 aliphatic heterocycles. The Morgan fingerprint density at radius 2 is 1.26 bits per heavy atom. The molecule has 14 heteroatoms. The summed E-state index contributed by atoms with van der Waals surface area (Å²) in [7, 11) is -4.45. The number of aliphatic carboxylic acids is 1. The fourth-order valence-corrected chi connectivity index (χ4v) is 5.06. The number of esters is 1. The van der Waals surface area contributed by atoms with Gasteiger partial charge in [-0.25, -0.2) is 9.59 Å². The molecule has 0 amide bonds. The van der Waals surface area contributed by atoms with Gasteiger partial charge in [-0.1, -0.05) is 17.7 Å². The van der Waals surface area contributed by atoms with E-state index < -0.39 is 75.1 Å². The van der Waals surface area contributed by atoms with Gasteiger partial charge in [0.1, 0.15) is 5.75 Å². The van der Waals surface area contributed by atoms with E-state index >= 15 is 0 Å². The van der Waals surface area contributed by atoms with Crippen LogP contribution in [-0.2, 0) is 42.1 Å². The average Bonchev–Trinajstić information content (AvgIpc) is 2.76. The van der Waals surface area contributed by atoms with Crippen molar-refractivity contribution in [1.29, 1.82) is 0 Å². The summed E-state index contributed by atoms with van der Waals surface area (Å²) >= 11 is 0. The van der Waals surface area contributed by atoms with Crippen molar-refractivity contribution >= 4 is 31.8 Å². The lowest BCUT2D eigenvalue weighted by atomic mass is 10.1. The second kappa shape index (κ2) is 16.1.